The maximum Gasteiger partial charge on any atom is 0.270 e. The summed E-state index contributed by atoms with van der Waals surface area (Å²) in [4.78, 5) is 23.8. The normalized spacial score (nSPS) is 11.3. The van der Waals surface area contributed by atoms with Crippen LogP contribution in [0.3, 0.4) is 0 Å². The number of carbonyl (C=O) groups excluding carboxylic acids is 1. The first-order valence-electron chi connectivity index (χ1n) is 6.49. The molecule has 6 nitrogen and oxygen atoms in total. The number of nitro benzene ring substituents is 1. The molecule has 0 aliphatic rings. The number of aryl methyl sites for hydroxylation is 1. The fourth-order valence-electron chi connectivity index (χ4n) is 2.00. The fourth-order valence-corrected chi connectivity index (χ4v) is 2.00. The molecule has 2 N–H and O–H groups in total. The second kappa shape index (κ2) is 6.17. The summed E-state index contributed by atoms with van der Waals surface area (Å²) in [6.07, 6.45) is 0. The summed E-state index contributed by atoms with van der Waals surface area (Å²) >= 11 is 0. The van der Waals surface area contributed by atoms with Crippen LogP contribution in [0.15, 0.2) is 12.1 Å². The Kier molecular flexibility index (Phi) is 5.01. The number of benzene rings is 1. The second-order valence-corrected chi connectivity index (χ2v) is 5.91. The average molecular weight is 297 g/mol. The number of non-ortho nitro benzene ring substituents is 1. The van der Waals surface area contributed by atoms with Gasteiger partial charge in [0.15, 0.2) is 0 Å². The van der Waals surface area contributed by atoms with Gasteiger partial charge in [-0.15, -0.1) is 0 Å². The van der Waals surface area contributed by atoms with E-state index in [1.807, 2.05) is 13.8 Å². The van der Waals surface area contributed by atoms with Gasteiger partial charge < -0.3 is 10.6 Å². The molecule has 0 fully saturated rings. The topological polar surface area (TPSA) is 89.5 Å². The zero-order valence-corrected chi connectivity index (χ0v) is 12.6. The molecule has 7 heteroatoms. The third-order valence-corrected chi connectivity index (χ3v) is 3.25. The van der Waals surface area contributed by atoms with Gasteiger partial charge in [-0.2, -0.15) is 0 Å². The Labute approximate surface area is 122 Å². The molecule has 0 radical (unpaired) electrons. The van der Waals surface area contributed by atoms with Crippen molar-refractivity contribution in [3.8, 4) is 0 Å². The summed E-state index contributed by atoms with van der Waals surface area (Å²) in [5, 5.41) is 10.8. The van der Waals surface area contributed by atoms with Crippen molar-refractivity contribution in [1.29, 1.82) is 0 Å². The Balaban J connectivity index is 3.15. The monoisotopic (exact) mass is 297 g/mol. The van der Waals surface area contributed by atoms with Crippen LogP contribution in [0.1, 0.15) is 29.8 Å². The number of hydrogen-bond donors (Lipinski definition) is 1. The van der Waals surface area contributed by atoms with Gasteiger partial charge >= 0.3 is 0 Å². The first-order valence-corrected chi connectivity index (χ1v) is 6.49. The van der Waals surface area contributed by atoms with Crippen molar-refractivity contribution in [3.63, 3.8) is 0 Å². The quantitative estimate of drug-likeness (QED) is 0.665. The fraction of sp³-hybridized carbons (Fsp3) is 0.500. The Morgan fingerprint density at radius 2 is 2.05 bits per heavy atom. The van der Waals surface area contributed by atoms with Gasteiger partial charge in [0.1, 0.15) is 5.82 Å². The number of nitrogens with zero attached hydrogens (tertiary/aromatic N) is 2. The second-order valence-electron chi connectivity index (χ2n) is 5.91. The molecule has 0 aromatic heterocycles. The molecule has 1 rings (SSSR count). The third kappa shape index (κ3) is 3.98. The van der Waals surface area contributed by atoms with E-state index in [1.165, 1.54) is 18.9 Å². The van der Waals surface area contributed by atoms with Crippen LogP contribution in [0.25, 0.3) is 0 Å². The summed E-state index contributed by atoms with van der Waals surface area (Å²) in [6, 6.07) is 2.08. The van der Waals surface area contributed by atoms with Crippen LogP contribution in [0.2, 0.25) is 0 Å². The predicted molar refractivity (Wildman–Crippen MR) is 77.6 cm³/mol. The van der Waals surface area contributed by atoms with Crippen molar-refractivity contribution in [1.82, 2.24) is 4.90 Å². The van der Waals surface area contributed by atoms with Crippen LogP contribution in [0.5, 0.6) is 0 Å². The SMILES string of the molecule is Cc1cc([N+](=O)[O-])cc(C(=O)N(C)CC(C)(C)CN)c1F. The Hall–Kier alpha value is -2.02. The molecule has 21 heavy (non-hydrogen) atoms. The molecule has 0 spiro atoms. The smallest absolute Gasteiger partial charge is 0.270 e. The van der Waals surface area contributed by atoms with Gasteiger partial charge in [-0.25, -0.2) is 4.39 Å². The predicted octanol–water partition coefficient (Wildman–Crippen LogP) is 2.10. The van der Waals surface area contributed by atoms with E-state index >= 15 is 0 Å². The zero-order valence-electron chi connectivity index (χ0n) is 12.6. The maximum atomic E-state index is 14.1. The van der Waals surface area contributed by atoms with Crippen LogP contribution in [0, 0.1) is 28.3 Å². The molecule has 1 aromatic carbocycles. The molecule has 0 bridgehead atoms. The van der Waals surface area contributed by atoms with E-state index in [4.69, 9.17) is 5.73 Å². The molecule has 0 saturated heterocycles. The number of nitrogens with two attached hydrogens (primary N) is 1. The third-order valence-electron chi connectivity index (χ3n) is 3.25. The molecular weight excluding hydrogens is 277 g/mol. The summed E-state index contributed by atoms with van der Waals surface area (Å²) in [5.74, 6) is -1.33. The summed E-state index contributed by atoms with van der Waals surface area (Å²) in [7, 11) is 1.52. The van der Waals surface area contributed by atoms with Crippen molar-refractivity contribution in [2.45, 2.75) is 20.8 Å². The lowest BCUT2D eigenvalue weighted by Crippen LogP contribution is -2.40. The molecule has 1 aromatic rings. The molecule has 0 aliphatic carbocycles. The van der Waals surface area contributed by atoms with Crippen LogP contribution >= 0.6 is 0 Å². The van der Waals surface area contributed by atoms with Gasteiger partial charge in [-0.3, -0.25) is 14.9 Å². The van der Waals surface area contributed by atoms with Crippen molar-refractivity contribution < 1.29 is 14.1 Å². The van der Waals surface area contributed by atoms with E-state index in [9.17, 15) is 19.3 Å². The van der Waals surface area contributed by atoms with E-state index in [0.717, 1.165) is 12.1 Å². The highest BCUT2D eigenvalue weighted by molar-refractivity contribution is 5.95. The van der Waals surface area contributed by atoms with Gasteiger partial charge in [0.05, 0.1) is 10.5 Å². The van der Waals surface area contributed by atoms with Gasteiger partial charge in [0.25, 0.3) is 11.6 Å². The van der Waals surface area contributed by atoms with Crippen molar-refractivity contribution in [2.75, 3.05) is 20.1 Å². The number of nitro groups is 1. The zero-order chi connectivity index (χ0) is 16.4. The number of hydrogen-bond acceptors (Lipinski definition) is 4. The molecular formula is C14H20FN3O3. The number of rotatable bonds is 5. The van der Waals surface area contributed by atoms with E-state index in [2.05, 4.69) is 0 Å². The van der Waals surface area contributed by atoms with Crippen LogP contribution in [-0.2, 0) is 0 Å². The van der Waals surface area contributed by atoms with Gasteiger partial charge in [-0.1, -0.05) is 13.8 Å². The minimum atomic E-state index is -0.733. The van der Waals surface area contributed by atoms with Crippen LogP contribution < -0.4 is 5.73 Å². The lowest BCUT2D eigenvalue weighted by Gasteiger charge is -2.29. The lowest BCUT2D eigenvalue weighted by molar-refractivity contribution is -0.385. The van der Waals surface area contributed by atoms with Gasteiger partial charge in [0.2, 0.25) is 0 Å². The first kappa shape index (κ1) is 17.0. The molecule has 0 aliphatic heterocycles. The molecule has 1 amide bonds. The Morgan fingerprint density at radius 3 is 2.52 bits per heavy atom. The van der Waals surface area contributed by atoms with E-state index in [1.54, 1.807) is 0 Å². The van der Waals surface area contributed by atoms with Crippen molar-refractivity contribution >= 4 is 11.6 Å². The van der Waals surface area contributed by atoms with Crippen molar-refractivity contribution in [2.24, 2.45) is 11.1 Å². The number of carbonyl (C=O) groups is 1. The molecule has 116 valence electrons. The molecule has 0 unspecified atom stereocenters. The van der Waals surface area contributed by atoms with Crippen molar-refractivity contribution in [3.05, 3.63) is 39.2 Å². The molecule has 0 heterocycles. The minimum absolute atomic E-state index is 0.0686. The number of amides is 1. The minimum Gasteiger partial charge on any atom is -0.341 e. The standard InChI is InChI=1S/C14H20FN3O3/c1-9-5-10(18(20)21)6-11(12(9)15)13(19)17(4)8-14(2,3)7-16/h5-6H,7-8,16H2,1-4H3. The first-order chi connectivity index (χ1) is 9.59. The van der Waals surface area contributed by atoms with E-state index < -0.39 is 16.6 Å². The lowest BCUT2D eigenvalue weighted by atomic mass is 9.93. The molecule has 0 atom stereocenters. The highest BCUT2D eigenvalue weighted by Crippen LogP contribution is 2.23. The van der Waals surface area contributed by atoms with Crippen LogP contribution in [0.4, 0.5) is 10.1 Å². The highest BCUT2D eigenvalue weighted by Gasteiger charge is 2.26. The Morgan fingerprint density at radius 1 is 1.48 bits per heavy atom. The summed E-state index contributed by atoms with van der Waals surface area (Å²) in [5.41, 5.74) is 4.76. The van der Waals surface area contributed by atoms with Gasteiger partial charge in [0, 0.05) is 25.7 Å². The number of halogens is 1. The Bertz CT molecular complexity index is 573. The summed E-state index contributed by atoms with van der Waals surface area (Å²) in [6.45, 7) is 5.84. The summed E-state index contributed by atoms with van der Waals surface area (Å²) < 4.78 is 14.1. The van der Waals surface area contributed by atoms with Gasteiger partial charge in [-0.05, 0) is 24.4 Å². The van der Waals surface area contributed by atoms with E-state index in [-0.39, 0.29) is 22.2 Å². The van der Waals surface area contributed by atoms with E-state index in [0.29, 0.717) is 13.1 Å². The average Bonchev–Trinajstić information content (AvgIpc) is 2.40. The maximum absolute atomic E-state index is 14.1. The molecule has 0 saturated carbocycles. The van der Waals surface area contributed by atoms with Crippen LogP contribution in [-0.4, -0.2) is 35.9 Å². The largest absolute Gasteiger partial charge is 0.341 e. The highest BCUT2D eigenvalue weighted by atomic mass is 19.1.